The van der Waals surface area contributed by atoms with Crippen molar-refractivity contribution in [3.63, 3.8) is 0 Å². The van der Waals surface area contributed by atoms with Crippen LogP contribution >= 0.6 is 0 Å². The fourth-order valence-corrected chi connectivity index (χ4v) is 3.65. The number of rotatable bonds is 13. The van der Waals surface area contributed by atoms with Crippen LogP contribution in [0.3, 0.4) is 0 Å². The van der Waals surface area contributed by atoms with E-state index in [2.05, 4.69) is 6.92 Å². The third kappa shape index (κ3) is 7.16. The molecule has 1 aromatic heterocycles. The minimum Gasteiger partial charge on any atom is -0.481 e. The van der Waals surface area contributed by atoms with Gasteiger partial charge >= 0.3 is 5.97 Å². The number of carboxylic acids is 1. The molecule has 0 saturated heterocycles. The minimum absolute atomic E-state index is 0.446. The zero-order valence-corrected chi connectivity index (χ0v) is 16.6. The van der Waals surface area contributed by atoms with Gasteiger partial charge in [0.2, 0.25) is 5.69 Å². The van der Waals surface area contributed by atoms with Crippen LogP contribution in [0.25, 0.3) is 5.69 Å². The van der Waals surface area contributed by atoms with Gasteiger partial charge in [0.1, 0.15) is 0 Å². The van der Waals surface area contributed by atoms with Crippen molar-refractivity contribution in [1.29, 1.82) is 0 Å². The monoisotopic (exact) mass is 368 g/mol. The maximum Gasteiger partial charge on any atom is 0.311 e. The molecule has 1 N–H and O–H groups in total. The highest BCUT2D eigenvalue weighted by atomic mass is 16.4. The van der Waals surface area contributed by atoms with Crippen LogP contribution in [0.2, 0.25) is 0 Å². The zero-order valence-electron chi connectivity index (χ0n) is 16.6. The first kappa shape index (κ1) is 21.1. The summed E-state index contributed by atoms with van der Waals surface area (Å²) in [7, 11) is 0. The van der Waals surface area contributed by atoms with E-state index < -0.39 is 11.9 Å². The minimum atomic E-state index is -0.724. The molecule has 0 spiro atoms. The maximum absolute atomic E-state index is 11.9. The number of para-hydroxylation sites is 1. The lowest BCUT2D eigenvalue weighted by Gasteiger charge is -2.14. The SMILES string of the molecule is CCCCCCCCCCCC(C(=O)O)c1ccccc1-[n+]1ccccc1. The Bertz CT molecular complexity index is 669. The molecule has 3 heteroatoms. The smallest absolute Gasteiger partial charge is 0.311 e. The number of carbonyl (C=O) groups is 1. The van der Waals surface area contributed by atoms with Crippen LogP contribution in [0.1, 0.15) is 82.6 Å². The highest BCUT2D eigenvalue weighted by Gasteiger charge is 2.25. The molecule has 0 aliphatic heterocycles. The van der Waals surface area contributed by atoms with Crippen molar-refractivity contribution < 1.29 is 14.5 Å². The summed E-state index contributed by atoms with van der Waals surface area (Å²) in [5.74, 6) is -1.17. The third-order valence-electron chi connectivity index (χ3n) is 5.20. The van der Waals surface area contributed by atoms with Gasteiger partial charge in [0.15, 0.2) is 12.4 Å². The average Bonchev–Trinajstić information content (AvgIpc) is 2.70. The average molecular weight is 369 g/mol. The first-order valence-electron chi connectivity index (χ1n) is 10.5. The van der Waals surface area contributed by atoms with Gasteiger partial charge in [0.25, 0.3) is 0 Å². The molecule has 0 amide bonds. The Hall–Kier alpha value is -2.16. The lowest BCUT2D eigenvalue weighted by atomic mass is 9.91. The van der Waals surface area contributed by atoms with Crippen LogP contribution in [-0.2, 0) is 4.79 Å². The number of unbranched alkanes of at least 4 members (excludes halogenated alkanes) is 8. The molecule has 0 fully saturated rings. The number of aliphatic carboxylic acids is 1. The van der Waals surface area contributed by atoms with E-state index in [1.54, 1.807) is 0 Å². The Morgan fingerprint density at radius 2 is 1.44 bits per heavy atom. The molecule has 0 radical (unpaired) electrons. The normalized spacial score (nSPS) is 12.0. The fraction of sp³-hybridized carbons (Fsp3) is 0.500. The Morgan fingerprint density at radius 3 is 2.07 bits per heavy atom. The number of carboxylic acid groups (broad SMARTS) is 1. The summed E-state index contributed by atoms with van der Waals surface area (Å²) in [5, 5.41) is 9.81. The molecular formula is C24H34NO2+. The number of hydrogen-bond acceptors (Lipinski definition) is 1. The molecule has 1 atom stereocenters. The lowest BCUT2D eigenvalue weighted by molar-refractivity contribution is -0.596. The zero-order chi connectivity index (χ0) is 19.3. The molecule has 1 unspecified atom stereocenters. The summed E-state index contributed by atoms with van der Waals surface area (Å²) in [6.07, 6.45) is 15.9. The van der Waals surface area contributed by atoms with Crippen LogP contribution in [0, 0.1) is 0 Å². The summed E-state index contributed by atoms with van der Waals surface area (Å²) >= 11 is 0. The van der Waals surface area contributed by atoms with Gasteiger partial charge in [0.05, 0.1) is 5.92 Å². The molecule has 0 aliphatic carbocycles. The molecule has 0 bridgehead atoms. The van der Waals surface area contributed by atoms with Crippen molar-refractivity contribution in [2.24, 2.45) is 0 Å². The third-order valence-corrected chi connectivity index (χ3v) is 5.20. The molecule has 2 aromatic rings. The number of hydrogen-bond donors (Lipinski definition) is 1. The Labute approximate surface area is 164 Å². The Balaban J connectivity index is 1.88. The number of benzene rings is 1. The van der Waals surface area contributed by atoms with E-state index in [0.717, 1.165) is 24.1 Å². The van der Waals surface area contributed by atoms with Gasteiger partial charge < -0.3 is 5.11 Å². The molecule has 27 heavy (non-hydrogen) atoms. The number of pyridine rings is 1. The lowest BCUT2D eigenvalue weighted by Crippen LogP contribution is -2.32. The van der Waals surface area contributed by atoms with E-state index in [-0.39, 0.29) is 0 Å². The molecule has 0 aliphatic rings. The quantitative estimate of drug-likeness (QED) is 0.345. The van der Waals surface area contributed by atoms with Gasteiger partial charge in [-0.05, 0) is 6.42 Å². The molecule has 2 rings (SSSR count). The van der Waals surface area contributed by atoms with Gasteiger partial charge in [-0.3, -0.25) is 4.79 Å². The number of aromatic nitrogens is 1. The maximum atomic E-state index is 11.9. The molecule has 1 aromatic carbocycles. The summed E-state index contributed by atoms with van der Waals surface area (Å²) < 4.78 is 2.00. The van der Waals surface area contributed by atoms with Crippen molar-refractivity contribution in [3.05, 3.63) is 60.4 Å². The van der Waals surface area contributed by atoms with E-state index in [0.29, 0.717) is 6.42 Å². The first-order chi connectivity index (χ1) is 13.2. The fourth-order valence-electron chi connectivity index (χ4n) is 3.65. The first-order valence-corrected chi connectivity index (χ1v) is 10.5. The molecule has 0 saturated carbocycles. The molecule has 1 heterocycles. The van der Waals surface area contributed by atoms with Crippen molar-refractivity contribution in [2.45, 2.75) is 77.0 Å². The van der Waals surface area contributed by atoms with Gasteiger partial charge in [-0.25, -0.2) is 0 Å². The van der Waals surface area contributed by atoms with Gasteiger partial charge in [0, 0.05) is 23.8 Å². The predicted molar refractivity (Wildman–Crippen MR) is 110 cm³/mol. The van der Waals surface area contributed by atoms with E-state index in [9.17, 15) is 9.90 Å². The van der Waals surface area contributed by atoms with Gasteiger partial charge in [-0.2, -0.15) is 4.57 Å². The van der Waals surface area contributed by atoms with Gasteiger partial charge in [-0.1, -0.05) is 89.0 Å². The summed E-state index contributed by atoms with van der Waals surface area (Å²) in [4.78, 5) is 11.9. The number of nitrogens with zero attached hydrogens (tertiary/aromatic N) is 1. The summed E-state index contributed by atoms with van der Waals surface area (Å²) in [5.41, 5.74) is 1.86. The van der Waals surface area contributed by atoms with Crippen LogP contribution < -0.4 is 4.57 Å². The van der Waals surface area contributed by atoms with Crippen LogP contribution in [0.5, 0.6) is 0 Å². The van der Waals surface area contributed by atoms with Gasteiger partial charge in [-0.15, -0.1) is 0 Å². The Morgan fingerprint density at radius 1 is 0.852 bits per heavy atom. The van der Waals surface area contributed by atoms with Crippen LogP contribution in [0.4, 0.5) is 0 Å². The Kier molecular flexibility index (Phi) is 9.61. The topological polar surface area (TPSA) is 41.2 Å². The second kappa shape index (κ2) is 12.3. The molecule has 3 nitrogen and oxygen atoms in total. The van der Waals surface area contributed by atoms with Crippen molar-refractivity contribution in [3.8, 4) is 5.69 Å². The highest BCUT2D eigenvalue weighted by Crippen LogP contribution is 2.26. The van der Waals surface area contributed by atoms with Crippen molar-refractivity contribution in [2.75, 3.05) is 0 Å². The predicted octanol–water partition coefficient (Wildman–Crippen LogP) is 6.05. The summed E-state index contributed by atoms with van der Waals surface area (Å²) in [6.45, 7) is 2.24. The van der Waals surface area contributed by atoms with E-state index >= 15 is 0 Å². The standard InChI is InChI=1S/C24H33NO2/c1-2-3-4-5-6-7-8-9-11-17-22(24(26)27)21-16-12-13-18-23(21)25-19-14-10-15-20-25/h10,12-16,18-20,22H,2-9,11,17H2,1H3/p+1. The summed E-state index contributed by atoms with van der Waals surface area (Å²) in [6, 6.07) is 13.8. The van der Waals surface area contributed by atoms with Crippen molar-refractivity contribution >= 4 is 5.97 Å². The van der Waals surface area contributed by atoms with E-state index in [1.807, 2.05) is 59.4 Å². The second-order valence-electron chi connectivity index (χ2n) is 7.35. The van der Waals surface area contributed by atoms with E-state index in [4.69, 9.17) is 0 Å². The largest absolute Gasteiger partial charge is 0.481 e. The van der Waals surface area contributed by atoms with Crippen molar-refractivity contribution in [1.82, 2.24) is 0 Å². The van der Waals surface area contributed by atoms with Crippen LogP contribution in [0.15, 0.2) is 54.9 Å². The highest BCUT2D eigenvalue weighted by molar-refractivity contribution is 5.77. The van der Waals surface area contributed by atoms with E-state index in [1.165, 1.54) is 44.9 Å². The van der Waals surface area contributed by atoms with Crippen LogP contribution in [-0.4, -0.2) is 11.1 Å². The molecular weight excluding hydrogens is 334 g/mol. The molecule has 146 valence electrons. The second-order valence-corrected chi connectivity index (χ2v) is 7.35.